The minimum absolute atomic E-state index is 0.183. The van der Waals surface area contributed by atoms with Gasteiger partial charge in [0.1, 0.15) is 18.3 Å². The molecule has 2 aromatic heterocycles. The van der Waals surface area contributed by atoms with Gasteiger partial charge in [-0.2, -0.15) is 9.55 Å². The molecular formula is C10H14N5O9P. The summed E-state index contributed by atoms with van der Waals surface area (Å²) in [4.78, 5) is 35.1. The van der Waals surface area contributed by atoms with E-state index < -0.39 is 50.0 Å². The fourth-order valence-corrected chi connectivity index (χ4v) is 2.87. The molecule has 0 radical (unpaired) electrons. The van der Waals surface area contributed by atoms with Crippen LogP contribution in [0.5, 0.6) is 0 Å². The summed E-state index contributed by atoms with van der Waals surface area (Å²) in [5.74, 6) is -0.285. The molecule has 2 aromatic rings. The Bertz CT molecular complexity index is 906. The molecule has 0 bridgehead atoms. The van der Waals surface area contributed by atoms with Gasteiger partial charge in [-0.05, 0) is 0 Å². The first-order valence-electron chi connectivity index (χ1n) is 6.79. The smallest absolute Gasteiger partial charge is 0.469 e. The van der Waals surface area contributed by atoms with Gasteiger partial charge in [-0.15, -0.1) is 0 Å². The lowest BCUT2D eigenvalue weighted by molar-refractivity contribution is -0.579. The molecular weight excluding hydrogens is 365 g/mol. The number of aliphatic hydroxyl groups excluding tert-OH is 2. The van der Waals surface area contributed by atoms with Gasteiger partial charge in [-0.3, -0.25) is 14.3 Å². The molecule has 0 aliphatic carbocycles. The maximum Gasteiger partial charge on any atom is 0.469 e. The van der Waals surface area contributed by atoms with Crippen molar-refractivity contribution in [3.05, 3.63) is 21.9 Å². The third kappa shape index (κ3) is 3.23. The Hall–Kier alpha value is -2.06. The second kappa shape index (κ2) is 6.03. The van der Waals surface area contributed by atoms with Crippen molar-refractivity contribution >= 4 is 24.9 Å². The van der Waals surface area contributed by atoms with Crippen molar-refractivity contribution in [1.82, 2.24) is 14.5 Å². The number of nitrogen functional groups attached to an aromatic ring is 1. The molecule has 7 N–H and O–H groups in total. The Morgan fingerprint density at radius 1 is 1.48 bits per heavy atom. The number of nitrogens with one attached hydrogen (secondary N) is 1. The van der Waals surface area contributed by atoms with Crippen molar-refractivity contribution in [3.8, 4) is 0 Å². The van der Waals surface area contributed by atoms with Gasteiger partial charge < -0.3 is 35.7 Å². The molecule has 138 valence electrons. The molecule has 0 amide bonds. The lowest BCUT2D eigenvalue weighted by Gasteiger charge is -2.14. The number of ether oxygens (including phenoxy) is 1. The number of aromatic nitrogens is 4. The van der Waals surface area contributed by atoms with Crippen LogP contribution in [0.25, 0.3) is 11.2 Å². The van der Waals surface area contributed by atoms with Crippen LogP contribution in [0.1, 0.15) is 6.23 Å². The number of phosphoric acid groups is 1. The summed E-state index contributed by atoms with van der Waals surface area (Å²) >= 11 is 0. The number of aliphatic hydroxyl groups is 2. The number of fused-ring (bicyclic) bond motifs is 1. The maximum absolute atomic E-state index is 11.9. The molecule has 0 saturated carbocycles. The highest BCUT2D eigenvalue weighted by Crippen LogP contribution is 2.38. The third-order valence-electron chi connectivity index (χ3n) is 3.61. The fourth-order valence-electron chi connectivity index (χ4n) is 2.53. The molecule has 0 spiro atoms. The first-order valence-corrected chi connectivity index (χ1v) is 8.32. The maximum atomic E-state index is 11.9. The number of H-pyrrole nitrogens is 1. The lowest BCUT2D eigenvalue weighted by atomic mass is 10.1. The van der Waals surface area contributed by atoms with E-state index in [0.29, 0.717) is 0 Å². The molecule has 25 heavy (non-hydrogen) atoms. The first kappa shape index (κ1) is 17.8. The predicted molar refractivity (Wildman–Crippen MR) is 77.6 cm³/mol. The summed E-state index contributed by atoms with van der Waals surface area (Å²) in [6.45, 7) is -0.717. The van der Waals surface area contributed by atoms with Crippen LogP contribution in [-0.4, -0.2) is 59.5 Å². The van der Waals surface area contributed by atoms with Gasteiger partial charge in [0.25, 0.3) is 17.5 Å². The van der Waals surface area contributed by atoms with Crippen LogP contribution < -0.4 is 16.0 Å². The van der Waals surface area contributed by atoms with Crippen LogP contribution in [0.15, 0.2) is 11.1 Å². The summed E-state index contributed by atoms with van der Waals surface area (Å²) in [5.41, 5.74) is 4.02. The molecule has 1 aliphatic rings. The monoisotopic (exact) mass is 379 g/mol. The van der Waals surface area contributed by atoms with E-state index in [9.17, 15) is 24.8 Å². The van der Waals surface area contributed by atoms with Gasteiger partial charge in [0.05, 0.1) is 6.61 Å². The van der Waals surface area contributed by atoms with Crippen molar-refractivity contribution in [3.63, 3.8) is 0 Å². The summed E-state index contributed by atoms with van der Waals surface area (Å²) in [6.07, 6.45) is -4.98. The number of rotatable bonds is 4. The van der Waals surface area contributed by atoms with E-state index in [4.69, 9.17) is 20.3 Å². The second-order valence-electron chi connectivity index (χ2n) is 5.30. The quantitative estimate of drug-likeness (QED) is 0.175. The Morgan fingerprint density at radius 3 is 2.80 bits per heavy atom. The zero-order valence-corrected chi connectivity index (χ0v) is 13.2. The SMILES string of the molecule is Nc1nc2c(c(=O)[nH]1)[n+]([O-])cn2[C@@H]1O[C@H](COP(=O)(O)O)[C@@H](O)[C@H]1O. The van der Waals surface area contributed by atoms with E-state index >= 15 is 0 Å². The highest BCUT2D eigenvalue weighted by atomic mass is 31.2. The number of nitrogens with two attached hydrogens (primary N) is 1. The average molecular weight is 379 g/mol. The third-order valence-corrected chi connectivity index (χ3v) is 4.09. The van der Waals surface area contributed by atoms with Crippen LogP contribution in [0.4, 0.5) is 5.95 Å². The van der Waals surface area contributed by atoms with Gasteiger partial charge in [-0.25, -0.2) is 9.30 Å². The van der Waals surface area contributed by atoms with Crippen LogP contribution in [0.2, 0.25) is 0 Å². The van der Waals surface area contributed by atoms with Crippen molar-refractivity contribution in [2.75, 3.05) is 12.3 Å². The van der Waals surface area contributed by atoms with Gasteiger partial charge >= 0.3 is 13.4 Å². The predicted octanol–water partition coefficient (Wildman–Crippen LogP) is -3.33. The Labute approximate surface area is 137 Å². The molecule has 3 rings (SSSR count). The molecule has 0 unspecified atom stereocenters. The average Bonchev–Trinajstić information content (AvgIpc) is 2.95. The van der Waals surface area contributed by atoms with E-state index in [1.807, 2.05) is 0 Å². The Morgan fingerprint density at radius 2 is 2.16 bits per heavy atom. The number of anilines is 1. The number of nitrogens with zero attached hydrogens (tertiary/aromatic N) is 3. The van der Waals surface area contributed by atoms with Crippen molar-refractivity contribution in [2.24, 2.45) is 0 Å². The van der Waals surface area contributed by atoms with Crippen LogP contribution >= 0.6 is 7.82 Å². The van der Waals surface area contributed by atoms with E-state index in [0.717, 1.165) is 10.9 Å². The van der Waals surface area contributed by atoms with Crippen LogP contribution in [0, 0.1) is 5.21 Å². The molecule has 15 heteroatoms. The Kier molecular flexibility index (Phi) is 4.28. The summed E-state index contributed by atoms with van der Waals surface area (Å²) in [5, 5.41) is 32.0. The highest BCUT2D eigenvalue weighted by molar-refractivity contribution is 7.46. The topological polar surface area (TPSA) is 220 Å². The number of imidazole rings is 1. The molecule has 1 aliphatic heterocycles. The molecule has 0 aromatic carbocycles. The number of hydrogen-bond acceptors (Lipinski definition) is 9. The zero-order valence-electron chi connectivity index (χ0n) is 12.3. The molecule has 14 nitrogen and oxygen atoms in total. The van der Waals surface area contributed by atoms with Gasteiger partial charge in [0, 0.05) is 0 Å². The van der Waals surface area contributed by atoms with Gasteiger partial charge in [0.2, 0.25) is 12.2 Å². The lowest BCUT2D eigenvalue weighted by Crippen LogP contribution is -2.33. The summed E-state index contributed by atoms with van der Waals surface area (Å²) in [7, 11) is -4.81. The van der Waals surface area contributed by atoms with Crippen molar-refractivity contribution in [1.29, 1.82) is 0 Å². The highest BCUT2D eigenvalue weighted by Gasteiger charge is 2.48. The Balaban J connectivity index is 1.96. The number of hydrogen-bond donors (Lipinski definition) is 6. The largest absolute Gasteiger partial charge is 0.710 e. The van der Waals surface area contributed by atoms with Crippen LogP contribution in [0.3, 0.4) is 0 Å². The standard InChI is InChI=1S/C10H14N5O9P/c11-10-12-7-4(8(18)13-10)15(19)2-14(7)9-6(17)5(16)3(24-9)1-23-25(20,21)22/h2-3,5-6,9,16-17H,1H2,(H2,20,21,22)(H3,11,12,13,18)/t3-,5-,6-,9-/m1/s1. The van der Waals surface area contributed by atoms with E-state index in [1.165, 1.54) is 0 Å². The normalized spacial score (nSPS) is 27.2. The minimum atomic E-state index is -4.81. The summed E-state index contributed by atoms with van der Waals surface area (Å²) < 4.78 is 21.5. The fraction of sp³-hybridized carbons (Fsp3) is 0.500. The second-order valence-corrected chi connectivity index (χ2v) is 6.54. The molecule has 1 saturated heterocycles. The molecule has 1 fully saturated rings. The number of aromatic amines is 1. The molecule has 3 heterocycles. The molecule has 4 atom stereocenters. The van der Waals surface area contributed by atoms with Gasteiger partial charge in [-0.1, -0.05) is 0 Å². The van der Waals surface area contributed by atoms with E-state index in [1.54, 1.807) is 0 Å². The zero-order chi connectivity index (χ0) is 18.5. The van der Waals surface area contributed by atoms with E-state index in [-0.39, 0.29) is 16.3 Å². The van der Waals surface area contributed by atoms with E-state index in [2.05, 4.69) is 14.5 Å². The van der Waals surface area contributed by atoms with Gasteiger partial charge in [0.15, 0.2) is 0 Å². The first-order chi connectivity index (χ1) is 11.6. The summed E-state index contributed by atoms with van der Waals surface area (Å²) in [6, 6.07) is 0. The van der Waals surface area contributed by atoms with Crippen molar-refractivity contribution in [2.45, 2.75) is 24.5 Å². The number of phosphoric ester groups is 1. The van der Waals surface area contributed by atoms with Crippen molar-refractivity contribution < 1.29 is 38.6 Å². The minimum Gasteiger partial charge on any atom is -0.710 e. The van der Waals surface area contributed by atoms with Crippen LogP contribution in [-0.2, 0) is 13.8 Å².